The summed E-state index contributed by atoms with van der Waals surface area (Å²) in [5, 5.41) is 4.33. The number of carbonyl (C=O) groups excluding carboxylic acids is 1. The van der Waals surface area contributed by atoms with Crippen LogP contribution in [0.2, 0.25) is 10.0 Å². The first-order valence-electron chi connectivity index (χ1n) is 6.47. The van der Waals surface area contributed by atoms with Gasteiger partial charge < -0.3 is 10.2 Å². The maximum Gasteiger partial charge on any atom is 0.227 e. The van der Waals surface area contributed by atoms with Gasteiger partial charge in [-0.25, -0.2) is 0 Å². The van der Waals surface area contributed by atoms with Crippen molar-refractivity contribution in [1.29, 1.82) is 0 Å². The van der Waals surface area contributed by atoms with E-state index < -0.39 is 0 Å². The molecule has 0 aliphatic carbocycles. The number of piperidine rings is 1. The van der Waals surface area contributed by atoms with E-state index in [-0.39, 0.29) is 11.8 Å². The normalized spacial score (nSPS) is 19.2. The minimum Gasteiger partial charge on any atom is -0.341 e. The number of hydrogen-bond donors (Lipinski definition) is 1. The summed E-state index contributed by atoms with van der Waals surface area (Å²) < 4.78 is 0. The summed E-state index contributed by atoms with van der Waals surface area (Å²) in [6.07, 6.45) is 2.04. The zero-order valence-corrected chi connectivity index (χ0v) is 12.5. The largest absolute Gasteiger partial charge is 0.341 e. The maximum atomic E-state index is 12.3. The summed E-state index contributed by atoms with van der Waals surface area (Å²) in [5.74, 6) is 0.291. The van der Waals surface area contributed by atoms with Crippen LogP contribution in [0, 0.1) is 5.92 Å². The van der Waals surface area contributed by atoms with Crippen molar-refractivity contribution in [2.75, 3.05) is 20.1 Å². The molecule has 5 heteroatoms. The van der Waals surface area contributed by atoms with Crippen LogP contribution in [0.1, 0.15) is 18.4 Å². The highest BCUT2D eigenvalue weighted by atomic mass is 35.5. The summed E-state index contributed by atoms with van der Waals surface area (Å²) >= 11 is 11.9. The number of hydrogen-bond acceptors (Lipinski definition) is 2. The number of nitrogens with one attached hydrogen (secondary N) is 1. The summed E-state index contributed by atoms with van der Waals surface area (Å²) in [4.78, 5) is 14.0. The molecule has 19 heavy (non-hydrogen) atoms. The van der Waals surface area contributed by atoms with Crippen LogP contribution in [0.5, 0.6) is 0 Å². The van der Waals surface area contributed by atoms with E-state index in [4.69, 9.17) is 23.2 Å². The van der Waals surface area contributed by atoms with Gasteiger partial charge in [0.2, 0.25) is 5.91 Å². The van der Waals surface area contributed by atoms with Crippen LogP contribution in [0.15, 0.2) is 18.2 Å². The van der Waals surface area contributed by atoms with Crippen LogP contribution in [-0.4, -0.2) is 30.9 Å². The molecule has 1 heterocycles. The predicted molar refractivity (Wildman–Crippen MR) is 78.5 cm³/mol. The highest BCUT2D eigenvalue weighted by molar-refractivity contribution is 6.42. The van der Waals surface area contributed by atoms with Crippen LogP contribution in [-0.2, 0) is 11.3 Å². The van der Waals surface area contributed by atoms with Crippen molar-refractivity contribution in [3.8, 4) is 0 Å². The Morgan fingerprint density at radius 2 is 2.21 bits per heavy atom. The fourth-order valence-electron chi connectivity index (χ4n) is 2.36. The second kappa shape index (κ2) is 6.60. The minimum atomic E-state index is 0.0986. The summed E-state index contributed by atoms with van der Waals surface area (Å²) in [5.41, 5.74) is 0.994. The maximum absolute atomic E-state index is 12.3. The molecule has 1 N–H and O–H groups in total. The minimum absolute atomic E-state index is 0.0986. The van der Waals surface area contributed by atoms with Crippen molar-refractivity contribution >= 4 is 29.1 Å². The topological polar surface area (TPSA) is 32.3 Å². The van der Waals surface area contributed by atoms with Crippen LogP contribution < -0.4 is 5.32 Å². The Bertz CT molecular complexity index is 459. The fraction of sp³-hybridized carbons (Fsp3) is 0.500. The fourth-order valence-corrected chi connectivity index (χ4v) is 2.68. The van der Waals surface area contributed by atoms with Crippen molar-refractivity contribution < 1.29 is 4.79 Å². The number of halogens is 2. The summed E-state index contributed by atoms with van der Waals surface area (Å²) in [7, 11) is 1.83. The average molecular weight is 301 g/mol. The lowest BCUT2D eigenvalue weighted by Gasteiger charge is -2.27. The standard InChI is InChI=1S/C14H18Cl2N2O/c1-18(14(19)11-3-2-6-17-8-11)9-10-4-5-12(15)13(16)7-10/h4-5,7,11,17H,2-3,6,8-9H2,1H3. The Labute approximate surface area is 123 Å². The van der Waals surface area contributed by atoms with Gasteiger partial charge in [0.05, 0.1) is 16.0 Å². The highest BCUT2D eigenvalue weighted by Gasteiger charge is 2.23. The second-order valence-electron chi connectivity index (χ2n) is 4.99. The molecule has 1 aromatic carbocycles. The lowest BCUT2D eigenvalue weighted by Crippen LogP contribution is -2.41. The van der Waals surface area contributed by atoms with Gasteiger partial charge in [-0.05, 0) is 37.1 Å². The number of amides is 1. The molecule has 0 aromatic heterocycles. The Kier molecular flexibility index (Phi) is 5.08. The lowest BCUT2D eigenvalue weighted by atomic mass is 9.98. The van der Waals surface area contributed by atoms with Gasteiger partial charge in [-0.3, -0.25) is 4.79 Å². The zero-order chi connectivity index (χ0) is 13.8. The van der Waals surface area contributed by atoms with Crippen molar-refractivity contribution in [2.24, 2.45) is 5.92 Å². The molecule has 104 valence electrons. The molecule has 1 saturated heterocycles. The lowest BCUT2D eigenvalue weighted by molar-refractivity contribution is -0.135. The van der Waals surface area contributed by atoms with E-state index in [1.165, 1.54) is 0 Å². The molecule has 0 spiro atoms. The zero-order valence-electron chi connectivity index (χ0n) is 11.0. The molecule has 1 unspecified atom stereocenters. The first kappa shape index (κ1) is 14.6. The molecule has 3 nitrogen and oxygen atoms in total. The Morgan fingerprint density at radius 3 is 2.84 bits per heavy atom. The third kappa shape index (κ3) is 3.85. The van der Waals surface area contributed by atoms with Gasteiger partial charge in [0.1, 0.15) is 0 Å². The van der Waals surface area contributed by atoms with E-state index in [0.717, 1.165) is 31.5 Å². The monoisotopic (exact) mass is 300 g/mol. The Morgan fingerprint density at radius 1 is 1.42 bits per heavy atom. The van der Waals surface area contributed by atoms with E-state index in [2.05, 4.69) is 5.32 Å². The van der Waals surface area contributed by atoms with E-state index in [1.54, 1.807) is 11.0 Å². The van der Waals surface area contributed by atoms with Gasteiger partial charge in [-0.1, -0.05) is 29.3 Å². The van der Waals surface area contributed by atoms with Crippen molar-refractivity contribution in [3.63, 3.8) is 0 Å². The number of nitrogens with zero attached hydrogens (tertiary/aromatic N) is 1. The molecule has 1 atom stereocenters. The number of rotatable bonds is 3. The molecule has 1 aliphatic rings. The van der Waals surface area contributed by atoms with Gasteiger partial charge in [-0.2, -0.15) is 0 Å². The molecular formula is C14H18Cl2N2O. The van der Waals surface area contributed by atoms with Crippen molar-refractivity contribution in [3.05, 3.63) is 33.8 Å². The summed E-state index contributed by atoms with van der Waals surface area (Å²) in [6, 6.07) is 5.48. The summed E-state index contributed by atoms with van der Waals surface area (Å²) in [6.45, 7) is 2.36. The second-order valence-corrected chi connectivity index (χ2v) is 5.80. The van der Waals surface area contributed by atoms with E-state index >= 15 is 0 Å². The average Bonchev–Trinajstić information content (AvgIpc) is 2.43. The van der Waals surface area contributed by atoms with Crippen LogP contribution >= 0.6 is 23.2 Å². The van der Waals surface area contributed by atoms with Crippen molar-refractivity contribution in [1.82, 2.24) is 10.2 Å². The molecule has 2 rings (SSSR count). The predicted octanol–water partition coefficient (Wildman–Crippen LogP) is 2.95. The SMILES string of the molecule is CN(Cc1ccc(Cl)c(Cl)c1)C(=O)C1CCCNC1. The Hall–Kier alpha value is -0.770. The first-order valence-corrected chi connectivity index (χ1v) is 7.23. The van der Waals surface area contributed by atoms with Gasteiger partial charge in [0, 0.05) is 20.1 Å². The third-order valence-electron chi connectivity index (χ3n) is 3.43. The van der Waals surface area contributed by atoms with Gasteiger partial charge >= 0.3 is 0 Å². The quantitative estimate of drug-likeness (QED) is 0.931. The van der Waals surface area contributed by atoms with Crippen LogP contribution in [0.25, 0.3) is 0 Å². The smallest absolute Gasteiger partial charge is 0.227 e. The highest BCUT2D eigenvalue weighted by Crippen LogP contribution is 2.23. The van der Waals surface area contributed by atoms with Gasteiger partial charge in [0.15, 0.2) is 0 Å². The van der Waals surface area contributed by atoms with Crippen LogP contribution in [0.3, 0.4) is 0 Å². The molecule has 0 radical (unpaired) electrons. The molecule has 1 aromatic rings. The van der Waals surface area contributed by atoms with E-state index in [1.807, 2.05) is 19.2 Å². The molecule has 1 aliphatic heterocycles. The first-order chi connectivity index (χ1) is 9.08. The molecule has 1 amide bonds. The third-order valence-corrected chi connectivity index (χ3v) is 4.17. The van der Waals surface area contributed by atoms with E-state index in [0.29, 0.717) is 16.6 Å². The molecule has 0 bridgehead atoms. The number of carbonyl (C=O) groups is 1. The molecule has 1 fully saturated rings. The molecular weight excluding hydrogens is 283 g/mol. The molecule has 0 saturated carbocycles. The van der Waals surface area contributed by atoms with Crippen LogP contribution in [0.4, 0.5) is 0 Å². The Balaban J connectivity index is 1.97. The van der Waals surface area contributed by atoms with Gasteiger partial charge in [0.25, 0.3) is 0 Å². The van der Waals surface area contributed by atoms with Gasteiger partial charge in [-0.15, -0.1) is 0 Å². The van der Waals surface area contributed by atoms with Crippen molar-refractivity contribution in [2.45, 2.75) is 19.4 Å². The number of benzene rings is 1. The van der Waals surface area contributed by atoms with E-state index in [9.17, 15) is 4.79 Å².